The SMILES string of the molecule is O=C(CCC(F)(F)F)N1CC[C@@H](c2ccc(F)cc2)C1. The third-order valence-corrected chi connectivity index (χ3v) is 3.50. The molecule has 0 N–H and O–H groups in total. The van der Waals surface area contributed by atoms with Crippen molar-refractivity contribution in [3.8, 4) is 0 Å². The van der Waals surface area contributed by atoms with E-state index in [2.05, 4.69) is 0 Å². The van der Waals surface area contributed by atoms with Crippen LogP contribution in [0.4, 0.5) is 17.6 Å². The number of carbonyl (C=O) groups is 1. The van der Waals surface area contributed by atoms with Crippen molar-refractivity contribution in [1.29, 1.82) is 0 Å². The van der Waals surface area contributed by atoms with Crippen LogP contribution in [0, 0.1) is 5.82 Å². The van der Waals surface area contributed by atoms with Crippen molar-refractivity contribution >= 4 is 5.91 Å². The lowest BCUT2D eigenvalue weighted by molar-refractivity contribution is -0.148. The molecular formula is C14H15F4NO. The molecule has 0 bridgehead atoms. The zero-order valence-electron chi connectivity index (χ0n) is 10.8. The lowest BCUT2D eigenvalue weighted by Gasteiger charge is -2.17. The van der Waals surface area contributed by atoms with Crippen LogP contribution in [0.2, 0.25) is 0 Å². The first-order chi connectivity index (χ1) is 9.35. The molecule has 110 valence electrons. The minimum absolute atomic E-state index is 0.0745. The number of rotatable bonds is 3. The number of benzene rings is 1. The molecular weight excluding hydrogens is 274 g/mol. The van der Waals surface area contributed by atoms with Crippen molar-refractivity contribution in [2.24, 2.45) is 0 Å². The van der Waals surface area contributed by atoms with Gasteiger partial charge in [-0.15, -0.1) is 0 Å². The molecule has 1 fully saturated rings. The Morgan fingerprint density at radius 3 is 2.50 bits per heavy atom. The highest BCUT2D eigenvalue weighted by Crippen LogP contribution is 2.29. The van der Waals surface area contributed by atoms with Crippen LogP contribution in [0.15, 0.2) is 24.3 Å². The Balaban J connectivity index is 1.88. The molecule has 1 aliphatic rings. The normalized spacial score (nSPS) is 19.4. The van der Waals surface area contributed by atoms with Crippen LogP contribution in [-0.2, 0) is 4.79 Å². The van der Waals surface area contributed by atoms with Crippen LogP contribution in [0.25, 0.3) is 0 Å². The second-order valence-electron chi connectivity index (χ2n) is 4.99. The number of alkyl halides is 3. The van der Waals surface area contributed by atoms with Gasteiger partial charge < -0.3 is 4.90 Å². The second kappa shape index (κ2) is 5.81. The largest absolute Gasteiger partial charge is 0.389 e. The summed E-state index contributed by atoms with van der Waals surface area (Å²) in [6.07, 6.45) is -5.18. The van der Waals surface area contributed by atoms with Gasteiger partial charge in [-0.2, -0.15) is 13.2 Å². The van der Waals surface area contributed by atoms with Gasteiger partial charge in [-0.3, -0.25) is 4.79 Å². The summed E-state index contributed by atoms with van der Waals surface area (Å²) in [7, 11) is 0. The van der Waals surface area contributed by atoms with Gasteiger partial charge in [-0.05, 0) is 24.1 Å². The zero-order valence-corrected chi connectivity index (χ0v) is 10.8. The van der Waals surface area contributed by atoms with E-state index < -0.39 is 24.9 Å². The Bertz CT molecular complexity index is 469. The average Bonchev–Trinajstić information content (AvgIpc) is 2.85. The topological polar surface area (TPSA) is 20.3 Å². The average molecular weight is 289 g/mol. The minimum Gasteiger partial charge on any atom is -0.342 e. The smallest absolute Gasteiger partial charge is 0.342 e. The summed E-state index contributed by atoms with van der Waals surface area (Å²) in [6.45, 7) is 0.862. The van der Waals surface area contributed by atoms with Gasteiger partial charge in [0.1, 0.15) is 5.82 Å². The van der Waals surface area contributed by atoms with E-state index in [0.717, 1.165) is 5.56 Å². The van der Waals surface area contributed by atoms with Gasteiger partial charge in [0.25, 0.3) is 0 Å². The molecule has 1 aliphatic heterocycles. The van der Waals surface area contributed by atoms with Gasteiger partial charge >= 0.3 is 6.18 Å². The Kier molecular flexibility index (Phi) is 4.30. The molecule has 0 unspecified atom stereocenters. The lowest BCUT2D eigenvalue weighted by atomic mass is 9.99. The number of likely N-dealkylation sites (tertiary alicyclic amines) is 1. The van der Waals surface area contributed by atoms with Crippen LogP contribution in [0.3, 0.4) is 0 Å². The van der Waals surface area contributed by atoms with E-state index in [1.807, 2.05) is 0 Å². The summed E-state index contributed by atoms with van der Waals surface area (Å²) in [6, 6.07) is 6.01. The molecule has 1 atom stereocenters. The van der Waals surface area contributed by atoms with Gasteiger partial charge in [0, 0.05) is 25.4 Å². The maximum atomic E-state index is 12.8. The number of nitrogens with zero attached hydrogens (tertiary/aromatic N) is 1. The van der Waals surface area contributed by atoms with E-state index in [1.54, 1.807) is 12.1 Å². The predicted molar refractivity (Wildman–Crippen MR) is 65.6 cm³/mol. The fourth-order valence-corrected chi connectivity index (χ4v) is 2.40. The molecule has 6 heteroatoms. The summed E-state index contributed by atoms with van der Waals surface area (Å²) in [5.74, 6) is -0.720. The van der Waals surface area contributed by atoms with Crippen LogP contribution in [-0.4, -0.2) is 30.1 Å². The molecule has 1 aromatic rings. The molecule has 20 heavy (non-hydrogen) atoms. The molecule has 1 aromatic carbocycles. The van der Waals surface area contributed by atoms with Gasteiger partial charge in [-0.1, -0.05) is 12.1 Å². The van der Waals surface area contributed by atoms with Gasteiger partial charge in [0.05, 0.1) is 6.42 Å². The first kappa shape index (κ1) is 14.8. The van der Waals surface area contributed by atoms with Crippen molar-refractivity contribution in [3.05, 3.63) is 35.6 Å². The maximum absolute atomic E-state index is 12.8. The molecule has 1 saturated heterocycles. The molecule has 2 nitrogen and oxygen atoms in total. The lowest BCUT2D eigenvalue weighted by Crippen LogP contribution is -2.29. The second-order valence-corrected chi connectivity index (χ2v) is 4.99. The standard InChI is InChI=1S/C14H15F4NO/c15-12-3-1-10(2-4-12)11-6-8-19(9-11)13(20)5-7-14(16,17)18/h1-4,11H,5-9H2/t11-/m1/s1. The summed E-state index contributed by atoms with van der Waals surface area (Å²) in [5, 5.41) is 0. The van der Waals surface area contributed by atoms with Crippen molar-refractivity contribution in [1.82, 2.24) is 4.90 Å². The van der Waals surface area contributed by atoms with Crippen LogP contribution < -0.4 is 0 Å². The first-order valence-corrected chi connectivity index (χ1v) is 6.45. The van der Waals surface area contributed by atoms with E-state index in [0.29, 0.717) is 19.5 Å². The summed E-state index contributed by atoms with van der Waals surface area (Å²) in [5.41, 5.74) is 0.914. The monoisotopic (exact) mass is 289 g/mol. The van der Waals surface area contributed by atoms with Gasteiger partial charge in [-0.25, -0.2) is 4.39 Å². The number of amides is 1. The molecule has 2 rings (SSSR count). The fraction of sp³-hybridized carbons (Fsp3) is 0.500. The Morgan fingerprint density at radius 1 is 1.25 bits per heavy atom. The molecule has 0 saturated carbocycles. The zero-order chi connectivity index (χ0) is 14.8. The molecule has 0 spiro atoms. The molecule has 0 aliphatic carbocycles. The van der Waals surface area contributed by atoms with Gasteiger partial charge in [0.15, 0.2) is 0 Å². The highest BCUT2D eigenvalue weighted by molar-refractivity contribution is 5.76. The summed E-state index contributed by atoms with van der Waals surface area (Å²) >= 11 is 0. The quantitative estimate of drug-likeness (QED) is 0.780. The molecule has 1 amide bonds. The van der Waals surface area contributed by atoms with Crippen molar-refractivity contribution < 1.29 is 22.4 Å². The van der Waals surface area contributed by atoms with E-state index >= 15 is 0 Å². The highest BCUT2D eigenvalue weighted by atomic mass is 19.4. The Morgan fingerprint density at radius 2 is 1.90 bits per heavy atom. The Hall–Kier alpha value is -1.59. The summed E-state index contributed by atoms with van der Waals surface area (Å²) < 4.78 is 49.0. The fourth-order valence-electron chi connectivity index (χ4n) is 2.40. The van der Waals surface area contributed by atoms with E-state index in [9.17, 15) is 22.4 Å². The summed E-state index contributed by atoms with van der Waals surface area (Å²) in [4.78, 5) is 13.1. The van der Waals surface area contributed by atoms with Crippen LogP contribution in [0.5, 0.6) is 0 Å². The van der Waals surface area contributed by atoms with Crippen molar-refractivity contribution in [2.45, 2.75) is 31.4 Å². The minimum atomic E-state index is -4.30. The predicted octanol–water partition coefficient (Wildman–Crippen LogP) is 3.48. The number of carbonyl (C=O) groups excluding carboxylic acids is 1. The maximum Gasteiger partial charge on any atom is 0.389 e. The molecule has 1 heterocycles. The molecule has 0 radical (unpaired) electrons. The highest BCUT2D eigenvalue weighted by Gasteiger charge is 2.32. The third-order valence-electron chi connectivity index (χ3n) is 3.50. The van der Waals surface area contributed by atoms with E-state index in [1.165, 1.54) is 17.0 Å². The molecule has 0 aromatic heterocycles. The van der Waals surface area contributed by atoms with E-state index in [4.69, 9.17) is 0 Å². The van der Waals surface area contributed by atoms with Crippen molar-refractivity contribution in [2.75, 3.05) is 13.1 Å². The first-order valence-electron chi connectivity index (χ1n) is 6.45. The number of hydrogen-bond acceptors (Lipinski definition) is 1. The van der Waals surface area contributed by atoms with Crippen molar-refractivity contribution in [3.63, 3.8) is 0 Å². The Labute approximate surface area is 114 Å². The van der Waals surface area contributed by atoms with Gasteiger partial charge in [0.2, 0.25) is 5.91 Å². The van der Waals surface area contributed by atoms with Crippen LogP contribution in [0.1, 0.15) is 30.7 Å². The number of halogens is 4. The third kappa shape index (κ3) is 3.95. The van der Waals surface area contributed by atoms with Crippen LogP contribution >= 0.6 is 0 Å². The van der Waals surface area contributed by atoms with E-state index in [-0.39, 0.29) is 11.7 Å². The number of hydrogen-bond donors (Lipinski definition) is 0.